The highest BCUT2D eigenvalue weighted by molar-refractivity contribution is 7.15. The molecule has 2 rings (SSSR count). The fourth-order valence-electron chi connectivity index (χ4n) is 1.84. The Morgan fingerprint density at radius 1 is 1.26 bits per heavy atom. The van der Waals surface area contributed by atoms with Gasteiger partial charge in [0.05, 0.1) is 6.54 Å². The van der Waals surface area contributed by atoms with Crippen molar-refractivity contribution in [2.24, 2.45) is 0 Å². The van der Waals surface area contributed by atoms with E-state index < -0.39 is 12.1 Å². The Morgan fingerprint density at radius 2 is 1.95 bits per heavy atom. The van der Waals surface area contributed by atoms with Gasteiger partial charge in [0.1, 0.15) is 5.01 Å². The van der Waals surface area contributed by atoms with E-state index in [0.717, 1.165) is 37.3 Å². The zero-order chi connectivity index (χ0) is 13.9. The summed E-state index contributed by atoms with van der Waals surface area (Å²) in [7, 11) is 0. The first-order chi connectivity index (χ1) is 8.95. The molecule has 19 heavy (non-hydrogen) atoms. The van der Waals surface area contributed by atoms with Crippen molar-refractivity contribution in [3.8, 4) is 0 Å². The van der Waals surface area contributed by atoms with E-state index in [9.17, 15) is 18.0 Å². The molecular formula is C10H13F3N4OS. The first kappa shape index (κ1) is 14.2. The number of carbonyl (C=O) groups is 1. The number of halogens is 3. The van der Waals surface area contributed by atoms with Crippen molar-refractivity contribution in [1.82, 2.24) is 15.1 Å². The summed E-state index contributed by atoms with van der Waals surface area (Å²) in [5, 5.41) is 9.53. The summed E-state index contributed by atoms with van der Waals surface area (Å²) >= 11 is 0.975. The molecule has 9 heteroatoms. The van der Waals surface area contributed by atoms with Crippen molar-refractivity contribution in [2.75, 3.05) is 18.4 Å². The minimum atomic E-state index is -4.90. The van der Waals surface area contributed by atoms with Crippen molar-refractivity contribution in [1.29, 1.82) is 0 Å². The van der Waals surface area contributed by atoms with Crippen LogP contribution in [0.5, 0.6) is 0 Å². The lowest BCUT2D eigenvalue weighted by atomic mass is 10.1. The van der Waals surface area contributed by atoms with Crippen LogP contribution < -0.4 is 5.32 Å². The molecule has 2 heterocycles. The summed E-state index contributed by atoms with van der Waals surface area (Å²) in [5.41, 5.74) is 0. The minimum Gasteiger partial charge on any atom is -0.297 e. The normalized spacial score (nSPS) is 17.4. The van der Waals surface area contributed by atoms with E-state index in [4.69, 9.17) is 0 Å². The van der Waals surface area contributed by atoms with Gasteiger partial charge in [0.2, 0.25) is 5.13 Å². The number of amides is 1. The molecule has 1 aromatic rings. The number of hydrogen-bond acceptors (Lipinski definition) is 5. The van der Waals surface area contributed by atoms with Gasteiger partial charge in [-0.2, -0.15) is 13.2 Å². The number of anilines is 1. The van der Waals surface area contributed by atoms with Crippen molar-refractivity contribution < 1.29 is 18.0 Å². The van der Waals surface area contributed by atoms with Crippen LogP contribution in [0.15, 0.2) is 0 Å². The lowest BCUT2D eigenvalue weighted by Crippen LogP contribution is -2.29. The highest BCUT2D eigenvalue weighted by Crippen LogP contribution is 2.22. The van der Waals surface area contributed by atoms with Gasteiger partial charge in [0, 0.05) is 0 Å². The molecule has 0 radical (unpaired) electrons. The van der Waals surface area contributed by atoms with Gasteiger partial charge in [-0.05, 0) is 25.9 Å². The molecule has 1 aromatic heterocycles. The van der Waals surface area contributed by atoms with Crippen LogP contribution in [-0.4, -0.2) is 40.3 Å². The fraction of sp³-hybridized carbons (Fsp3) is 0.700. The van der Waals surface area contributed by atoms with Crippen molar-refractivity contribution in [3.63, 3.8) is 0 Å². The van der Waals surface area contributed by atoms with E-state index in [1.165, 1.54) is 6.42 Å². The Bertz CT molecular complexity index is 442. The van der Waals surface area contributed by atoms with Crippen LogP contribution in [0.2, 0.25) is 0 Å². The maximum Gasteiger partial charge on any atom is 0.471 e. The number of hydrogen-bond donors (Lipinski definition) is 1. The van der Waals surface area contributed by atoms with Crippen LogP contribution in [0.25, 0.3) is 0 Å². The third-order valence-electron chi connectivity index (χ3n) is 2.75. The number of alkyl halides is 3. The number of likely N-dealkylation sites (tertiary alicyclic amines) is 1. The van der Waals surface area contributed by atoms with Crippen molar-refractivity contribution >= 4 is 22.4 Å². The SMILES string of the molecule is O=C(Nc1nnc(CN2CCCCC2)s1)C(F)(F)F. The molecule has 0 atom stereocenters. The molecule has 1 amide bonds. The summed E-state index contributed by atoms with van der Waals surface area (Å²) in [5.74, 6) is -2.02. The van der Waals surface area contributed by atoms with Crippen LogP contribution in [0.4, 0.5) is 18.3 Å². The van der Waals surface area contributed by atoms with Crippen LogP contribution in [0.1, 0.15) is 24.3 Å². The summed E-state index contributed by atoms with van der Waals surface area (Å²) < 4.78 is 36.2. The van der Waals surface area contributed by atoms with Gasteiger partial charge in [-0.25, -0.2) is 0 Å². The molecule has 0 aromatic carbocycles. The Hall–Kier alpha value is -1.22. The lowest BCUT2D eigenvalue weighted by Gasteiger charge is -2.24. The molecule has 0 saturated carbocycles. The maximum absolute atomic E-state index is 12.1. The lowest BCUT2D eigenvalue weighted by molar-refractivity contribution is -0.167. The smallest absolute Gasteiger partial charge is 0.297 e. The molecule has 5 nitrogen and oxygen atoms in total. The number of piperidine rings is 1. The second kappa shape index (κ2) is 5.83. The van der Waals surface area contributed by atoms with Crippen molar-refractivity contribution in [3.05, 3.63) is 5.01 Å². The van der Waals surface area contributed by atoms with E-state index in [2.05, 4.69) is 15.1 Å². The first-order valence-electron chi connectivity index (χ1n) is 5.88. The standard InChI is InChI=1S/C10H13F3N4OS/c11-10(12,13)8(18)14-9-16-15-7(19-9)6-17-4-2-1-3-5-17/h1-6H2,(H,14,16,18). The highest BCUT2D eigenvalue weighted by Gasteiger charge is 2.39. The van der Waals surface area contributed by atoms with E-state index in [0.29, 0.717) is 11.6 Å². The second-order valence-electron chi connectivity index (χ2n) is 4.29. The van der Waals surface area contributed by atoms with Crippen LogP contribution >= 0.6 is 11.3 Å². The van der Waals surface area contributed by atoms with Gasteiger partial charge in [-0.15, -0.1) is 10.2 Å². The van der Waals surface area contributed by atoms with Crippen LogP contribution in [0.3, 0.4) is 0 Å². The largest absolute Gasteiger partial charge is 0.471 e. The average Bonchev–Trinajstić information content (AvgIpc) is 2.76. The molecule has 1 aliphatic rings. The Kier molecular flexibility index (Phi) is 4.35. The number of rotatable bonds is 3. The molecule has 1 aliphatic heterocycles. The number of carbonyl (C=O) groups excluding carboxylic acids is 1. The maximum atomic E-state index is 12.1. The summed E-state index contributed by atoms with van der Waals surface area (Å²) in [6, 6.07) is 0. The van der Waals surface area contributed by atoms with Gasteiger partial charge < -0.3 is 0 Å². The first-order valence-corrected chi connectivity index (χ1v) is 6.70. The predicted molar refractivity (Wildman–Crippen MR) is 63.7 cm³/mol. The van der Waals surface area contributed by atoms with Gasteiger partial charge in [0.25, 0.3) is 0 Å². The topological polar surface area (TPSA) is 58.1 Å². The zero-order valence-electron chi connectivity index (χ0n) is 10.0. The summed E-state index contributed by atoms with van der Waals surface area (Å²) in [6.07, 6.45) is -1.45. The number of nitrogens with zero attached hydrogens (tertiary/aromatic N) is 3. The third kappa shape index (κ3) is 4.13. The molecular weight excluding hydrogens is 281 g/mol. The Labute approximate surface area is 111 Å². The molecule has 1 saturated heterocycles. The van der Waals surface area contributed by atoms with Crippen LogP contribution in [-0.2, 0) is 11.3 Å². The molecule has 0 spiro atoms. The molecule has 0 aliphatic carbocycles. The third-order valence-corrected chi connectivity index (χ3v) is 3.58. The van der Waals surface area contributed by atoms with Gasteiger partial charge in [0.15, 0.2) is 0 Å². The van der Waals surface area contributed by atoms with E-state index in [1.807, 2.05) is 0 Å². The highest BCUT2D eigenvalue weighted by atomic mass is 32.1. The van der Waals surface area contributed by atoms with Crippen LogP contribution in [0, 0.1) is 0 Å². The quantitative estimate of drug-likeness (QED) is 0.926. The second-order valence-corrected chi connectivity index (χ2v) is 5.35. The molecule has 0 bridgehead atoms. The molecule has 0 unspecified atom stereocenters. The zero-order valence-corrected chi connectivity index (χ0v) is 10.9. The van der Waals surface area contributed by atoms with Gasteiger partial charge in [-0.3, -0.25) is 15.0 Å². The van der Waals surface area contributed by atoms with E-state index in [-0.39, 0.29) is 5.13 Å². The Balaban J connectivity index is 1.89. The molecule has 106 valence electrons. The van der Waals surface area contributed by atoms with E-state index >= 15 is 0 Å². The van der Waals surface area contributed by atoms with Gasteiger partial charge >= 0.3 is 12.1 Å². The minimum absolute atomic E-state index is 0.116. The average molecular weight is 294 g/mol. The molecule has 1 N–H and O–H groups in total. The summed E-state index contributed by atoms with van der Waals surface area (Å²) in [6.45, 7) is 2.49. The van der Waals surface area contributed by atoms with E-state index in [1.54, 1.807) is 5.32 Å². The molecule has 1 fully saturated rings. The number of nitrogens with one attached hydrogen (secondary N) is 1. The number of aromatic nitrogens is 2. The van der Waals surface area contributed by atoms with Gasteiger partial charge in [-0.1, -0.05) is 17.8 Å². The fourth-order valence-corrected chi connectivity index (χ4v) is 2.62. The monoisotopic (exact) mass is 294 g/mol. The van der Waals surface area contributed by atoms with Crippen molar-refractivity contribution in [2.45, 2.75) is 32.0 Å². The Morgan fingerprint density at radius 3 is 2.58 bits per heavy atom. The predicted octanol–water partition coefficient (Wildman–Crippen LogP) is 2.02. The summed E-state index contributed by atoms with van der Waals surface area (Å²) in [4.78, 5) is 12.9.